The fraction of sp³-hybridized carbons (Fsp3) is 0.278. The lowest BCUT2D eigenvalue weighted by Crippen LogP contribution is -2.19. The van der Waals surface area contributed by atoms with E-state index in [-0.39, 0.29) is 17.8 Å². The summed E-state index contributed by atoms with van der Waals surface area (Å²) in [6, 6.07) is 5.01. The molecular weight excluding hydrogens is 385 g/mol. The summed E-state index contributed by atoms with van der Waals surface area (Å²) < 4.78 is 20.8. The van der Waals surface area contributed by atoms with E-state index in [1.165, 1.54) is 28.9 Å². The minimum atomic E-state index is -1.01. The fourth-order valence-corrected chi connectivity index (χ4v) is 2.83. The van der Waals surface area contributed by atoms with Gasteiger partial charge in [-0.15, -0.1) is 0 Å². The second-order valence-electron chi connectivity index (χ2n) is 6.44. The van der Waals surface area contributed by atoms with Gasteiger partial charge in [-0.25, -0.2) is 13.9 Å². The Bertz CT molecular complexity index is 1070. The molecule has 0 aliphatic heterocycles. The van der Waals surface area contributed by atoms with Gasteiger partial charge in [0.05, 0.1) is 17.4 Å². The number of carbonyl (C=O) groups is 1. The molecule has 2 N–H and O–H groups in total. The van der Waals surface area contributed by atoms with E-state index in [0.717, 1.165) is 6.20 Å². The van der Waals surface area contributed by atoms with Crippen LogP contribution in [0.15, 0.2) is 36.7 Å². The van der Waals surface area contributed by atoms with E-state index in [9.17, 15) is 19.3 Å². The van der Waals surface area contributed by atoms with Crippen molar-refractivity contribution in [2.45, 2.75) is 32.4 Å². The number of aromatic nitrogens is 3. The molecular formula is C18H18FN5O5. The Balaban J connectivity index is 1.86. The van der Waals surface area contributed by atoms with Crippen molar-refractivity contribution in [3.8, 4) is 5.75 Å². The average molecular weight is 403 g/mol. The highest BCUT2D eigenvalue weighted by Gasteiger charge is 2.19. The first-order chi connectivity index (χ1) is 13.7. The van der Waals surface area contributed by atoms with Crippen LogP contribution >= 0.6 is 0 Å². The number of benzene rings is 1. The monoisotopic (exact) mass is 403 g/mol. The van der Waals surface area contributed by atoms with Crippen LogP contribution in [0, 0.1) is 15.9 Å². The zero-order valence-corrected chi connectivity index (χ0v) is 15.6. The standard InChI is InChI=1S/C18H18FN5O5/c1-10(7-17(25)26)29-15-4-3-12(19)8-13(15)11(2)21-16-5-6-23-18(22-16)14(9-20-23)24(27)28/h3-6,8-11H,7H2,1-2H3,(H,21,22)(H,25,26)/t10-,11-/m0/s1. The maximum absolute atomic E-state index is 13.8. The SMILES string of the molecule is C[C@H](Nc1ccn2ncc([N+](=O)[O-])c2n1)c1cc(F)ccc1O[C@@H](C)CC(=O)O. The molecule has 3 aromatic rings. The lowest BCUT2D eigenvalue weighted by atomic mass is 10.1. The van der Waals surface area contributed by atoms with Crippen molar-refractivity contribution in [1.82, 2.24) is 14.6 Å². The van der Waals surface area contributed by atoms with Crippen LogP contribution in [-0.4, -0.2) is 36.7 Å². The number of halogens is 1. The summed E-state index contributed by atoms with van der Waals surface area (Å²) in [5.41, 5.74) is 0.281. The van der Waals surface area contributed by atoms with Gasteiger partial charge in [0, 0.05) is 11.8 Å². The summed E-state index contributed by atoms with van der Waals surface area (Å²) in [6.45, 7) is 3.34. The summed E-state index contributed by atoms with van der Waals surface area (Å²) in [7, 11) is 0. The number of rotatable bonds is 8. The van der Waals surface area contributed by atoms with E-state index in [1.54, 1.807) is 19.9 Å². The average Bonchev–Trinajstić information content (AvgIpc) is 3.06. The zero-order valence-electron chi connectivity index (χ0n) is 15.6. The maximum Gasteiger partial charge on any atom is 0.333 e. The van der Waals surface area contributed by atoms with Gasteiger partial charge in [-0.1, -0.05) is 0 Å². The van der Waals surface area contributed by atoms with E-state index >= 15 is 0 Å². The van der Waals surface area contributed by atoms with Gasteiger partial charge in [0.2, 0.25) is 5.65 Å². The third-order valence-electron chi connectivity index (χ3n) is 4.14. The smallest absolute Gasteiger partial charge is 0.333 e. The normalized spacial score (nSPS) is 13.1. The van der Waals surface area contributed by atoms with Crippen molar-refractivity contribution in [3.05, 3.63) is 58.2 Å². The Labute approximate surface area is 164 Å². The Kier molecular flexibility index (Phi) is 5.57. The topological polar surface area (TPSA) is 132 Å². The third kappa shape index (κ3) is 4.57. The second-order valence-corrected chi connectivity index (χ2v) is 6.44. The highest BCUT2D eigenvalue weighted by atomic mass is 19.1. The number of carboxylic acid groups (broad SMARTS) is 1. The summed E-state index contributed by atoms with van der Waals surface area (Å²) in [4.78, 5) is 25.6. The van der Waals surface area contributed by atoms with Gasteiger partial charge in [-0.2, -0.15) is 5.10 Å². The Morgan fingerprint density at radius 1 is 1.41 bits per heavy atom. The van der Waals surface area contributed by atoms with Gasteiger partial charge < -0.3 is 15.2 Å². The van der Waals surface area contributed by atoms with Gasteiger partial charge >= 0.3 is 11.7 Å². The van der Waals surface area contributed by atoms with E-state index in [1.807, 2.05) is 0 Å². The number of anilines is 1. The van der Waals surface area contributed by atoms with Crippen LogP contribution in [-0.2, 0) is 4.79 Å². The van der Waals surface area contributed by atoms with Crippen LogP contribution in [0.2, 0.25) is 0 Å². The Hall–Kier alpha value is -3.76. The molecule has 11 heteroatoms. The molecule has 0 fully saturated rings. The molecule has 0 radical (unpaired) electrons. The molecule has 1 aromatic carbocycles. The van der Waals surface area contributed by atoms with Crippen LogP contribution < -0.4 is 10.1 Å². The first-order valence-corrected chi connectivity index (χ1v) is 8.68. The number of aliphatic carboxylic acids is 1. The highest BCUT2D eigenvalue weighted by Crippen LogP contribution is 2.30. The molecule has 0 amide bonds. The van der Waals surface area contributed by atoms with Crippen molar-refractivity contribution in [2.24, 2.45) is 0 Å². The molecule has 0 aliphatic rings. The molecule has 3 rings (SSSR count). The number of nitrogens with zero attached hydrogens (tertiary/aromatic N) is 4. The predicted molar refractivity (Wildman–Crippen MR) is 100 cm³/mol. The molecule has 0 bridgehead atoms. The summed E-state index contributed by atoms with van der Waals surface area (Å²) in [5, 5.41) is 26.9. The van der Waals surface area contributed by atoms with Gasteiger partial charge in [0.25, 0.3) is 0 Å². The van der Waals surface area contributed by atoms with E-state index in [2.05, 4.69) is 15.4 Å². The molecule has 10 nitrogen and oxygen atoms in total. The number of ether oxygens (including phenoxy) is 1. The summed E-state index contributed by atoms with van der Waals surface area (Å²) in [6.07, 6.45) is 1.80. The Morgan fingerprint density at radius 2 is 2.17 bits per heavy atom. The van der Waals surface area contributed by atoms with Crippen LogP contribution in [0.4, 0.5) is 15.9 Å². The summed E-state index contributed by atoms with van der Waals surface area (Å²) >= 11 is 0. The Morgan fingerprint density at radius 3 is 2.86 bits per heavy atom. The van der Waals surface area contributed by atoms with Crippen LogP contribution in [0.3, 0.4) is 0 Å². The van der Waals surface area contributed by atoms with E-state index in [0.29, 0.717) is 17.1 Å². The van der Waals surface area contributed by atoms with Gasteiger partial charge in [-0.3, -0.25) is 14.9 Å². The fourth-order valence-electron chi connectivity index (χ4n) is 2.83. The zero-order chi connectivity index (χ0) is 21.1. The minimum absolute atomic E-state index is 0.0676. The minimum Gasteiger partial charge on any atom is -0.490 e. The van der Waals surface area contributed by atoms with Crippen LogP contribution in [0.25, 0.3) is 5.65 Å². The number of hydrogen-bond donors (Lipinski definition) is 2. The van der Waals surface area contributed by atoms with E-state index < -0.39 is 28.9 Å². The van der Waals surface area contributed by atoms with Gasteiger partial charge in [0.15, 0.2) is 0 Å². The van der Waals surface area contributed by atoms with Crippen molar-refractivity contribution >= 4 is 23.1 Å². The lowest BCUT2D eigenvalue weighted by Gasteiger charge is -2.21. The van der Waals surface area contributed by atoms with Crippen LogP contribution in [0.5, 0.6) is 5.75 Å². The van der Waals surface area contributed by atoms with Crippen molar-refractivity contribution in [1.29, 1.82) is 0 Å². The van der Waals surface area contributed by atoms with Gasteiger partial charge in [-0.05, 0) is 38.1 Å². The van der Waals surface area contributed by atoms with Crippen molar-refractivity contribution in [3.63, 3.8) is 0 Å². The molecule has 0 unspecified atom stereocenters. The predicted octanol–water partition coefficient (Wildman–Crippen LogP) is 3.19. The molecule has 152 valence electrons. The molecule has 0 saturated carbocycles. The van der Waals surface area contributed by atoms with E-state index in [4.69, 9.17) is 9.84 Å². The first-order valence-electron chi connectivity index (χ1n) is 8.68. The quantitative estimate of drug-likeness (QED) is 0.433. The van der Waals surface area contributed by atoms with Crippen molar-refractivity contribution in [2.75, 3.05) is 5.32 Å². The molecule has 2 heterocycles. The van der Waals surface area contributed by atoms with Gasteiger partial charge in [0.1, 0.15) is 29.7 Å². The molecule has 0 spiro atoms. The van der Waals surface area contributed by atoms with Crippen molar-refractivity contribution < 1.29 is 24.0 Å². The highest BCUT2D eigenvalue weighted by molar-refractivity contribution is 5.67. The van der Waals surface area contributed by atoms with Crippen LogP contribution in [0.1, 0.15) is 31.9 Å². The number of carboxylic acids is 1. The molecule has 0 aliphatic carbocycles. The second kappa shape index (κ2) is 8.09. The maximum atomic E-state index is 13.8. The number of nitro groups is 1. The lowest BCUT2D eigenvalue weighted by molar-refractivity contribution is -0.383. The first kappa shape index (κ1) is 20.0. The molecule has 2 aromatic heterocycles. The third-order valence-corrected chi connectivity index (χ3v) is 4.14. The molecule has 2 atom stereocenters. The number of hydrogen-bond acceptors (Lipinski definition) is 7. The molecule has 0 saturated heterocycles. The largest absolute Gasteiger partial charge is 0.490 e. The number of nitrogens with one attached hydrogen (secondary N) is 1. The summed E-state index contributed by atoms with van der Waals surface area (Å²) in [5.74, 6) is -0.840. The molecule has 29 heavy (non-hydrogen) atoms. The number of fused-ring (bicyclic) bond motifs is 1.